The van der Waals surface area contributed by atoms with Gasteiger partial charge in [-0.05, 0) is 38.4 Å². The molecule has 0 fully saturated rings. The summed E-state index contributed by atoms with van der Waals surface area (Å²) in [5.74, 6) is 0.980. The highest BCUT2D eigenvalue weighted by Crippen LogP contribution is 2.30. The molecule has 0 bridgehead atoms. The number of furan rings is 1. The van der Waals surface area contributed by atoms with Crippen LogP contribution in [-0.2, 0) is 4.74 Å². The first-order valence-electron chi connectivity index (χ1n) is 8.05. The van der Waals surface area contributed by atoms with Crippen LogP contribution in [0.2, 0.25) is 0 Å². The minimum atomic E-state index is 0.113. The lowest BCUT2D eigenvalue weighted by Gasteiger charge is -2.26. The van der Waals surface area contributed by atoms with Crippen LogP contribution in [0.3, 0.4) is 0 Å². The second kappa shape index (κ2) is 7.62. The molecule has 2 aromatic rings. The van der Waals surface area contributed by atoms with Crippen molar-refractivity contribution in [3.8, 4) is 0 Å². The van der Waals surface area contributed by atoms with Crippen LogP contribution in [-0.4, -0.2) is 19.3 Å². The molecule has 2 rings (SSSR count). The van der Waals surface area contributed by atoms with Crippen LogP contribution < -0.4 is 5.32 Å². The summed E-state index contributed by atoms with van der Waals surface area (Å²) in [6, 6.07) is 8.53. The lowest BCUT2D eigenvalue weighted by Crippen LogP contribution is -2.33. The Morgan fingerprint density at radius 2 is 2.05 bits per heavy atom. The van der Waals surface area contributed by atoms with Gasteiger partial charge in [-0.15, -0.1) is 0 Å². The number of aryl methyl sites for hydroxylation is 1. The molecule has 2 atom stereocenters. The summed E-state index contributed by atoms with van der Waals surface area (Å²) in [5, 5.41) is 4.70. The Balaban J connectivity index is 2.36. The van der Waals surface area contributed by atoms with Crippen LogP contribution in [0.1, 0.15) is 51.0 Å². The van der Waals surface area contributed by atoms with Crippen molar-refractivity contribution >= 4 is 11.0 Å². The molecule has 116 valence electrons. The largest absolute Gasteiger partial charge is 0.459 e. The van der Waals surface area contributed by atoms with E-state index in [0.717, 1.165) is 37.3 Å². The third-order valence-electron chi connectivity index (χ3n) is 3.82. The zero-order valence-electron chi connectivity index (χ0n) is 13.6. The first kappa shape index (κ1) is 16.1. The normalized spacial score (nSPS) is 14.5. The van der Waals surface area contributed by atoms with Crippen LogP contribution >= 0.6 is 0 Å². The first-order valence-corrected chi connectivity index (χ1v) is 8.05. The Labute approximate surface area is 127 Å². The standard InChI is InChI=1S/C18H27NO2/c1-5-9-15(20-7-3)17(19-6-2)16-12-14-11-8-10-13(4)18(14)21-16/h8,10-12,15,17,19H,5-7,9H2,1-4H3. The number of ether oxygens (including phenoxy) is 1. The topological polar surface area (TPSA) is 34.4 Å². The third kappa shape index (κ3) is 3.66. The van der Waals surface area contributed by atoms with E-state index >= 15 is 0 Å². The molecule has 0 aliphatic carbocycles. The van der Waals surface area contributed by atoms with E-state index in [2.05, 4.69) is 57.3 Å². The summed E-state index contributed by atoms with van der Waals surface area (Å²) in [6.07, 6.45) is 2.29. The molecule has 0 saturated heterocycles. The van der Waals surface area contributed by atoms with Crippen molar-refractivity contribution in [3.05, 3.63) is 35.6 Å². The molecule has 0 saturated carbocycles. The van der Waals surface area contributed by atoms with Gasteiger partial charge in [-0.3, -0.25) is 0 Å². The van der Waals surface area contributed by atoms with E-state index in [9.17, 15) is 0 Å². The summed E-state index contributed by atoms with van der Waals surface area (Å²) in [5.41, 5.74) is 2.17. The molecule has 0 radical (unpaired) electrons. The number of nitrogens with one attached hydrogen (secondary N) is 1. The molecule has 0 spiro atoms. The molecule has 3 nitrogen and oxygen atoms in total. The van der Waals surface area contributed by atoms with Crippen LogP contribution in [0.25, 0.3) is 11.0 Å². The number of hydrogen-bond acceptors (Lipinski definition) is 3. The second-order valence-corrected chi connectivity index (χ2v) is 5.46. The van der Waals surface area contributed by atoms with Crippen molar-refractivity contribution in [2.45, 2.75) is 52.7 Å². The number of fused-ring (bicyclic) bond motifs is 1. The summed E-state index contributed by atoms with van der Waals surface area (Å²) < 4.78 is 12.1. The molecule has 0 amide bonds. The van der Waals surface area contributed by atoms with Gasteiger partial charge in [0.2, 0.25) is 0 Å². The van der Waals surface area contributed by atoms with Crippen molar-refractivity contribution in [1.82, 2.24) is 5.32 Å². The Bertz CT molecular complexity index is 555. The van der Waals surface area contributed by atoms with E-state index in [0.29, 0.717) is 0 Å². The minimum absolute atomic E-state index is 0.113. The Hall–Kier alpha value is -1.32. The van der Waals surface area contributed by atoms with E-state index in [-0.39, 0.29) is 12.1 Å². The van der Waals surface area contributed by atoms with E-state index in [4.69, 9.17) is 9.15 Å². The fourth-order valence-electron chi connectivity index (χ4n) is 2.86. The minimum Gasteiger partial charge on any atom is -0.459 e. The molecule has 3 heteroatoms. The van der Waals surface area contributed by atoms with Gasteiger partial charge in [0.05, 0.1) is 12.1 Å². The lowest BCUT2D eigenvalue weighted by atomic mass is 10.0. The molecule has 1 N–H and O–H groups in total. The van der Waals surface area contributed by atoms with Gasteiger partial charge in [0.1, 0.15) is 11.3 Å². The second-order valence-electron chi connectivity index (χ2n) is 5.46. The molecular weight excluding hydrogens is 262 g/mol. The zero-order valence-corrected chi connectivity index (χ0v) is 13.6. The average molecular weight is 289 g/mol. The average Bonchev–Trinajstić information content (AvgIpc) is 2.90. The van der Waals surface area contributed by atoms with Gasteiger partial charge in [-0.1, -0.05) is 38.5 Å². The molecule has 0 aliphatic heterocycles. The molecule has 1 heterocycles. The molecule has 2 unspecified atom stereocenters. The van der Waals surface area contributed by atoms with Crippen LogP contribution in [0.5, 0.6) is 0 Å². The van der Waals surface area contributed by atoms with Gasteiger partial charge in [-0.25, -0.2) is 0 Å². The van der Waals surface area contributed by atoms with Crippen molar-refractivity contribution in [1.29, 1.82) is 0 Å². The van der Waals surface area contributed by atoms with E-state index < -0.39 is 0 Å². The molecule has 21 heavy (non-hydrogen) atoms. The highest BCUT2D eigenvalue weighted by molar-refractivity contribution is 5.81. The summed E-state index contributed by atoms with van der Waals surface area (Å²) >= 11 is 0. The SMILES string of the molecule is CCCC(OCC)C(NCC)c1cc2cccc(C)c2o1. The van der Waals surface area contributed by atoms with Gasteiger partial charge in [0, 0.05) is 12.0 Å². The summed E-state index contributed by atoms with van der Waals surface area (Å²) in [6.45, 7) is 10.1. The number of benzene rings is 1. The molecule has 1 aromatic heterocycles. The quantitative estimate of drug-likeness (QED) is 0.771. The van der Waals surface area contributed by atoms with Gasteiger partial charge in [0.15, 0.2) is 0 Å². The number of rotatable bonds is 8. The van der Waals surface area contributed by atoms with Crippen LogP contribution in [0.15, 0.2) is 28.7 Å². The Morgan fingerprint density at radius 1 is 1.24 bits per heavy atom. The Morgan fingerprint density at radius 3 is 2.67 bits per heavy atom. The first-order chi connectivity index (χ1) is 10.2. The van der Waals surface area contributed by atoms with Crippen LogP contribution in [0, 0.1) is 6.92 Å². The van der Waals surface area contributed by atoms with Crippen LogP contribution in [0.4, 0.5) is 0 Å². The molecule has 1 aromatic carbocycles. The molecular formula is C18H27NO2. The number of para-hydroxylation sites is 1. The summed E-state index contributed by atoms with van der Waals surface area (Å²) in [4.78, 5) is 0. The maximum Gasteiger partial charge on any atom is 0.137 e. The van der Waals surface area contributed by atoms with Crippen molar-refractivity contribution in [2.75, 3.05) is 13.2 Å². The van der Waals surface area contributed by atoms with Crippen molar-refractivity contribution in [2.24, 2.45) is 0 Å². The number of hydrogen-bond donors (Lipinski definition) is 1. The smallest absolute Gasteiger partial charge is 0.137 e. The Kier molecular flexibility index (Phi) is 5.83. The third-order valence-corrected chi connectivity index (χ3v) is 3.82. The van der Waals surface area contributed by atoms with Crippen molar-refractivity contribution < 1.29 is 9.15 Å². The van der Waals surface area contributed by atoms with E-state index in [1.165, 1.54) is 10.9 Å². The van der Waals surface area contributed by atoms with E-state index in [1.807, 2.05) is 0 Å². The predicted octanol–water partition coefficient (Wildman–Crippen LogP) is 4.60. The fourth-order valence-corrected chi connectivity index (χ4v) is 2.86. The maximum atomic E-state index is 6.14. The molecule has 0 aliphatic rings. The van der Waals surface area contributed by atoms with Crippen molar-refractivity contribution in [3.63, 3.8) is 0 Å². The fraction of sp³-hybridized carbons (Fsp3) is 0.556. The number of likely N-dealkylation sites (N-methyl/N-ethyl adjacent to an activating group) is 1. The highest BCUT2D eigenvalue weighted by Gasteiger charge is 2.25. The lowest BCUT2D eigenvalue weighted by molar-refractivity contribution is 0.0229. The van der Waals surface area contributed by atoms with Gasteiger partial charge in [0.25, 0.3) is 0 Å². The zero-order chi connectivity index (χ0) is 15.2. The van der Waals surface area contributed by atoms with Gasteiger partial charge >= 0.3 is 0 Å². The van der Waals surface area contributed by atoms with Gasteiger partial charge < -0.3 is 14.5 Å². The maximum absolute atomic E-state index is 6.14. The highest BCUT2D eigenvalue weighted by atomic mass is 16.5. The predicted molar refractivity (Wildman–Crippen MR) is 87.7 cm³/mol. The van der Waals surface area contributed by atoms with E-state index in [1.54, 1.807) is 0 Å². The monoisotopic (exact) mass is 289 g/mol. The summed E-state index contributed by atoms with van der Waals surface area (Å²) in [7, 11) is 0. The van der Waals surface area contributed by atoms with Gasteiger partial charge in [-0.2, -0.15) is 0 Å².